The number of nitrogens with two attached hydrogens (primary N) is 1. The number of hydrogen-bond donors (Lipinski definition) is 2. The topological polar surface area (TPSA) is 89.6 Å². The number of H-pyrrole nitrogens is 1. The molecule has 0 radical (unpaired) electrons. The molecule has 0 saturated carbocycles. The summed E-state index contributed by atoms with van der Waals surface area (Å²) in [6, 6.07) is 17.9. The van der Waals surface area contributed by atoms with E-state index in [4.69, 9.17) is 5.73 Å². The van der Waals surface area contributed by atoms with Crippen molar-refractivity contribution in [3.63, 3.8) is 0 Å². The van der Waals surface area contributed by atoms with E-state index in [0.717, 1.165) is 27.7 Å². The van der Waals surface area contributed by atoms with Gasteiger partial charge < -0.3 is 10.3 Å². The first-order valence-corrected chi connectivity index (χ1v) is 9.10. The lowest BCUT2D eigenvalue weighted by molar-refractivity contribution is 0.102. The Morgan fingerprint density at radius 2 is 1.88 bits per heavy atom. The highest BCUT2D eigenvalue weighted by Crippen LogP contribution is 2.34. The molecule has 0 fully saturated rings. The highest BCUT2D eigenvalue weighted by Gasteiger charge is 2.22. The van der Waals surface area contributed by atoms with Gasteiger partial charge in [0.1, 0.15) is 0 Å². The molecule has 0 bridgehead atoms. The van der Waals surface area contributed by atoms with Gasteiger partial charge >= 0.3 is 0 Å². The molecule has 0 aliphatic heterocycles. The van der Waals surface area contributed by atoms with E-state index in [9.17, 15) is 4.79 Å². The van der Waals surface area contributed by atoms with Crippen LogP contribution in [-0.2, 0) is 7.05 Å². The van der Waals surface area contributed by atoms with Crippen LogP contribution in [0.5, 0.6) is 0 Å². The summed E-state index contributed by atoms with van der Waals surface area (Å²) in [5.74, 6) is 0.523. The van der Waals surface area contributed by atoms with Crippen molar-refractivity contribution in [2.75, 3.05) is 11.5 Å². The van der Waals surface area contributed by atoms with Crippen molar-refractivity contribution in [1.82, 2.24) is 19.7 Å². The highest BCUT2D eigenvalue weighted by molar-refractivity contribution is 7.99. The number of aromatic amines is 1. The fourth-order valence-electron chi connectivity index (χ4n) is 3.13. The van der Waals surface area contributed by atoms with Crippen molar-refractivity contribution in [3.05, 3.63) is 60.2 Å². The van der Waals surface area contributed by atoms with Crippen LogP contribution in [0.15, 0.2) is 59.8 Å². The number of nitrogens with one attached hydrogen (secondary N) is 1. The molecular weight excluding hydrogens is 346 g/mol. The van der Waals surface area contributed by atoms with E-state index in [-0.39, 0.29) is 17.5 Å². The van der Waals surface area contributed by atoms with Gasteiger partial charge in [0.05, 0.1) is 17.0 Å². The summed E-state index contributed by atoms with van der Waals surface area (Å²) in [5.41, 5.74) is 9.24. The van der Waals surface area contributed by atoms with Crippen LogP contribution in [0.4, 0.5) is 5.95 Å². The predicted octanol–water partition coefficient (Wildman–Crippen LogP) is 3.52. The van der Waals surface area contributed by atoms with Crippen molar-refractivity contribution < 1.29 is 4.79 Å². The summed E-state index contributed by atoms with van der Waals surface area (Å²) in [5, 5.41) is 7.98. The van der Waals surface area contributed by atoms with E-state index in [0.29, 0.717) is 5.16 Å². The maximum absolute atomic E-state index is 13.1. The van der Waals surface area contributed by atoms with Crippen LogP contribution < -0.4 is 5.73 Å². The zero-order valence-corrected chi connectivity index (χ0v) is 15.0. The standard InChI is InChI=1S/C19H17N5OS/c1-24-14-10-6-5-9-13(14)16(17(24)12-7-3-2-4-8-12)15(25)11-26-19-21-18(20)22-23-19/h2-10H,11H2,1H3,(H3,20,21,22,23). The number of aromatic nitrogens is 4. The van der Waals surface area contributed by atoms with Crippen molar-refractivity contribution in [3.8, 4) is 11.3 Å². The molecule has 2 aromatic heterocycles. The molecular formula is C19H17N5OS. The Morgan fingerprint density at radius 3 is 2.62 bits per heavy atom. The summed E-state index contributed by atoms with van der Waals surface area (Å²) in [4.78, 5) is 17.2. The Balaban J connectivity index is 1.78. The summed E-state index contributed by atoms with van der Waals surface area (Å²) in [6.07, 6.45) is 0. The SMILES string of the molecule is Cn1c(-c2ccccc2)c(C(=O)CSc2n[nH]c(N)n2)c2ccccc21. The van der Waals surface area contributed by atoms with Crippen LogP contribution >= 0.6 is 11.8 Å². The zero-order chi connectivity index (χ0) is 18.1. The molecule has 3 N–H and O–H groups in total. The molecule has 0 saturated heterocycles. The largest absolute Gasteiger partial charge is 0.368 e. The van der Waals surface area contributed by atoms with Crippen molar-refractivity contribution in [2.45, 2.75) is 5.16 Å². The maximum atomic E-state index is 13.1. The van der Waals surface area contributed by atoms with Crippen LogP contribution in [0.25, 0.3) is 22.2 Å². The number of nitrogen functional groups attached to an aromatic ring is 1. The Kier molecular flexibility index (Phi) is 4.22. The third-order valence-electron chi connectivity index (χ3n) is 4.25. The Bertz CT molecular complexity index is 1080. The normalized spacial score (nSPS) is 11.1. The first kappa shape index (κ1) is 16.4. The minimum atomic E-state index is 0.0361. The molecule has 4 rings (SSSR count). The molecule has 26 heavy (non-hydrogen) atoms. The van der Waals surface area contributed by atoms with E-state index < -0.39 is 0 Å². The summed E-state index contributed by atoms with van der Waals surface area (Å²) in [7, 11) is 1.99. The number of para-hydroxylation sites is 1. The second kappa shape index (κ2) is 6.68. The van der Waals surface area contributed by atoms with E-state index in [2.05, 4.69) is 19.7 Å². The lowest BCUT2D eigenvalue weighted by Gasteiger charge is -2.07. The number of nitrogens with zero attached hydrogens (tertiary/aromatic N) is 3. The van der Waals surface area contributed by atoms with E-state index >= 15 is 0 Å². The van der Waals surface area contributed by atoms with Gasteiger partial charge in [-0.25, -0.2) is 5.10 Å². The Hall–Kier alpha value is -3.06. The summed E-state index contributed by atoms with van der Waals surface area (Å²) < 4.78 is 2.08. The minimum absolute atomic E-state index is 0.0361. The average Bonchev–Trinajstić information content (AvgIpc) is 3.22. The monoisotopic (exact) mass is 363 g/mol. The number of Topliss-reactive ketones (excluding diaryl/α,β-unsaturated/α-hetero) is 1. The third-order valence-corrected chi connectivity index (χ3v) is 5.09. The lowest BCUT2D eigenvalue weighted by Crippen LogP contribution is -2.05. The van der Waals surface area contributed by atoms with Gasteiger partial charge in [0.2, 0.25) is 11.1 Å². The fourth-order valence-corrected chi connectivity index (χ4v) is 3.81. The molecule has 0 spiro atoms. The van der Waals surface area contributed by atoms with Gasteiger partial charge in [-0.1, -0.05) is 60.3 Å². The van der Waals surface area contributed by atoms with E-state index in [1.807, 2.05) is 61.6 Å². The smallest absolute Gasteiger partial charge is 0.216 e. The molecule has 0 amide bonds. The molecule has 0 unspecified atom stereocenters. The minimum Gasteiger partial charge on any atom is -0.368 e. The first-order chi connectivity index (χ1) is 12.6. The number of aryl methyl sites for hydroxylation is 1. The molecule has 2 heterocycles. The van der Waals surface area contributed by atoms with E-state index in [1.165, 1.54) is 11.8 Å². The average molecular weight is 363 g/mol. The molecule has 0 atom stereocenters. The second-order valence-electron chi connectivity index (χ2n) is 5.88. The van der Waals surface area contributed by atoms with Gasteiger partial charge in [-0.3, -0.25) is 4.79 Å². The summed E-state index contributed by atoms with van der Waals surface area (Å²) >= 11 is 1.27. The first-order valence-electron chi connectivity index (χ1n) is 8.12. The van der Waals surface area contributed by atoms with Crippen LogP contribution in [0.1, 0.15) is 10.4 Å². The van der Waals surface area contributed by atoms with Crippen molar-refractivity contribution >= 4 is 34.4 Å². The second-order valence-corrected chi connectivity index (χ2v) is 6.82. The van der Waals surface area contributed by atoms with Gasteiger partial charge in [0.15, 0.2) is 5.78 Å². The van der Waals surface area contributed by atoms with Gasteiger partial charge in [0.25, 0.3) is 0 Å². The number of thioether (sulfide) groups is 1. The lowest BCUT2D eigenvalue weighted by atomic mass is 10.0. The number of ketones is 1. The van der Waals surface area contributed by atoms with Crippen LogP contribution in [-0.4, -0.2) is 31.3 Å². The van der Waals surface area contributed by atoms with Crippen LogP contribution in [0.3, 0.4) is 0 Å². The third kappa shape index (κ3) is 2.86. The fraction of sp³-hybridized carbons (Fsp3) is 0.105. The van der Waals surface area contributed by atoms with Gasteiger partial charge in [-0.15, -0.1) is 5.10 Å². The summed E-state index contributed by atoms with van der Waals surface area (Å²) in [6.45, 7) is 0. The quantitative estimate of drug-likeness (QED) is 0.418. The van der Waals surface area contributed by atoms with Crippen LogP contribution in [0, 0.1) is 0 Å². The molecule has 0 aliphatic carbocycles. The van der Waals surface area contributed by atoms with E-state index in [1.54, 1.807) is 0 Å². The van der Waals surface area contributed by atoms with Gasteiger partial charge in [-0.2, -0.15) is 4.98 Å². The maximum Gasteiger partial charge on any atom is 0.216 e. The van der Waals surface area contributed by atoms with Gasteiger partial charge in [-0.05, 0) is 11.6 Å². The predicted molar refractivity (Wildman–Crippen MR) is 104 cm³/mol. The number of carbonyl (C=O) groups is 1. The number of fused-ring (bicyclic) bond motifs is 1. The molecule has 2 aromatic carbocycles. The molecule has 4 aromatic rings. The molecule has 0 aliphatic rings. The van der Waals surface area contributed by atoms with Gasteiger partial charge in [0, 0.05) is 18.0 Å². The number of hydrogen-bond acceptors (Lipinski definition) is 5. The molecule has 6 nitrogen and oxygen atoms in total. The van der Waals surface area contributed by atoms with Crippen molar-refractivity contribution in [2.24, 2.45) is 7.05 Å². The number of carbonyl (C=O) groups excluding carboxylic acids is 1. The number of benzene rings is 2. The van der Waals surface area contributed by atoms with Crippen molar-refractivity contribution in [1.29, 1.82) is 0 Å². The van der Waals surface area contributed by atoms with Crippen LogP contribution in [0.2, 0.25) is 0 Å². The Morgan fingerprint density at radius 1 is 1.15 bits per heavy atom. The highest BCUT2D eigenvalue weighted by atomic mass is 32.2. The molecule has 130 valence electrons. The number of anilines is 1. The number of rotatable bonds is 5. The Labute approximate surface area is 154 Å². The molecule has 7 heteroatoms. The zero-order valence-electron chi connectivity index (χ0n) is 14.1.